The average Bonchev–Trinajstić information content (AvgIpc) is 2.70. The number of allylic oxidation sites excluding steroid dienone is 1. The Morgan fingerprint density at radius 1 is 0.923 bits per heavy atom. The molecule has 3 aliphatic rings. The lowest BCUT2D eigenvalue weighted by atomic mass is 9.70. The summed E-state index contributed by atoms with van der Waals surface area (Å²) in [7, 11) is 0. The van der Waals surface area contributed by atoms with Gasteiger partial charge in [0.1, 0.15) is 0 Å². The van der Waals surface area contributed by atoms with Crippen LogP contribution in [0.2, 0.25) is 0 Å². The summed E-state index contributed by atoms with van der Waals surface area (Å²) in [4.78, 5) is 0. The Morgan fingerprint density at radius 2 is 1.69 bits per heavy atom. The predicted octanol–water partition coefficient (Wildman–Crippen LogP) is 3.78. The molecule has 0 aromatic carbocycles. The first-order chi connectivity index (χ1) is 6.34. The quantitative estimate of drug-likeness (QED) is 0.493. The van der Waals surface area contributed by atoms with Crippen LogP contribution in [0.4, 0.5) is 0 Å². The van der Waals surface area contributed by atoms with Crippen molar-refractivity contribution in [2.45, 2.75) is 44.9 Å². The summed E-state index contributed by atoms with van der Waals surface area (Å²) in [6.07, 6.45) is 10.5. The van der Waals surface area contributed by atoms with Gasteiger partial charge in [0.15, 0.2) is 0 Å². The molecule has 3 aliphatic carbocycles. The Kier molecular flexibility index (Phi) is 1.78. The van der Waals surface area contributed by atoms with Gasteiger partial charge in [-0.1, -0.05) is 31.4 Å². The topological polar surface area (TPSA) is 0 Å². The van der Waals surface area contributed by atoms with E-state index in [2.05, 4.69) is 6.58 Å². The van der Waals surface area contributed by atoms with E-state index in [0.29, 0.717) is 0 Å². The zero-order chi connectivity index (χ0) is 8.84. The first-order valence-corrected chi connectivity index (χ1v) is 6.02. The highest BCUT2D eigenvalue weighted by atomic mass is 14.5. The minimum Gasteiger partial charge on any atom is -0.0996 e. The first-order valence-electron chi connectivity index (χ1n) is 6.02. The molecule has 0 amide bonds. The van der Waals surface area contributed by atoms with Gasteiger partial charge < -0.3 is 0 Å². The zero-order valence-corrected chi connectivity index (χ0v) is 8.47. The lowest BCUT2D eigenvalue weighted by Crippen LogP contribution is -2.26. The fraction of sp³-hybridized carbons (Fsp3) is 0.846. The highest BCUT2D eigenvalue weighted by molar-refractivity contribution is 5.12. The highest BCUT2D eigenvalue weighted by Crippen LogP contribution is 2.53. The van der Waals surface area contributed by atoms with E-state index in [4.69, 9.17) is 0 Å². The molecule has 0 nitrogen and oxygen atoms in total. The summed E-state index contributed by atoms with van der Waals surface area (Å²) in [5.41, 5.74) is 1.59. The largest absolute Gasteiger partial charge is 0.0996 e. The number of rotatable bonds is 0. The molecule has 3 fully saturated rings. The smallest absolute Gasteiger partial charge is 0.0175 e. The van der Waals surface area contributed by atoms with E-state index >= 15 is 0 Å². The number of hydrogen-bond donors (Lipinski definition) is 0. The van der Waals surface area contributed by atoms with Crippen molar-refractivity contribution in [2.75, 3.05) is 0 Å². The third-order valence-corrected chi connectivity index (χ3v) is 4.91. The molecule has 0 N–H and O–H groups in total. The molecule has 3 rings (SSSR count). The second kappa shape index (κ2) is 2.87. The van der Waals surface area contributed by atoms with Crippen LogP contribution in [0.3, 0.4) is 0 Å². The summed E-state index contributed by atoms with van der Waals surface area (Å²) in [6, 6.07) is 0. The van der Waals surface area contributed by atoms with Crippen molar-refractivity contribution < 1.29 is 0 Å². The van der Waals surface area contributed by atoms with Crippen molar-refractivity contribution >= 4 is 0 Å². The van der Waals surface area contributed by atoms with Crippen molar-refractivity contribution in [1.29, 1.82) is 0 Å². The van der Waals surface area contributed by atoms with E-state index in [-0.39, 0.29) is 0 Å². The molecule has 0 heterocycles. The molecule has 3 saturated carbocycles. The third-order valence-electron chi connectivity index (χ3n) is 4.91. The monoisotopic (exact) mass is 176 g/mol. The van der Waals surface area contributed by atoms with Crippen LogP contribution in [0.15, 0.2) is 12.2 Å². The van der Waals surface area contributed by atoms with Gasteiger partial charge in [-0.25, -0.2) is 0 Å². The molecule has 4 unspecified atom stereocenters. The summed E-state index contributed by atoms with van der Waals surface area (Å²) >= 11 is 0. The maximum absolute atomic E-state index is 4.25. The molecule has 0 saturated heterocycles. The first kappa shape index (κ1) is 8.08. The van der Waals surface area contributed by atoms with Crippen molar-refractivity contribution in [3.05, 3.63) is 12.2 Å². The van der Waals surface area contributed by atoms with Gasteiger partial charge in [-0.15, -0.1) is 0 Å². The second-order valence-electron chi connectivity index (χ2n) is 5.49. The second-order valence-corrected chi connectivity index (χ2v) is 5.49. The minimum atomic E-state index is 0.944. The molecule has 0 aromatic rings. The fourth-order valence-electron chi connectivity index (χ4n) is 4.18. The number of hydrogen-bond acceptors (Lipinski definition) is 0. The van der Waals surface area contributed by atoms with Gasteiger partial charge in [-0.2, -0.15) is 0 Å². The fourth-order valence-corrected chi connectivity index (χ4v) is 4.18. The van der Waals surface area contributed by atoms with E-state index in [9.17, 15) is 0 Å². The van der Waals surface area contributed by atoms with E-state index in [1.807, 2.05) is 0 Å². The molecule has 13 heavy (non-hydrogen) atoms. The van der Waals surface area contributed by atoms with Crippen LogP contribution in [0.25, 0.3) is 0 Å². The Bertz CT molecular complexity index is 228. The standard InChI is InChI=1S/C13H20/c1-9-5-6-12-7-10-3-2-4-11(10)8-13(9)12/h10-13H,1-8H2. The molecule has 4 atom stereocenters. The molecule has 72 valence electrons. The van der Waals surface area contributed by atoms with E-state index in [0.717, 1.165) is 23.7 Å². The van der Waals surface area contributed by atoms with Gasteiger partial charge in [-0.05, 0) is 49.4 Å². The molecule has 0 spiro atoms. The predicted molar refractivity (Wildman–Crippen MR) is 55.4 cm³/mol. The molecule has 0 radical (unpaired) electrons. The lowest BCUT2D eigenvalue weighted by Gasteiger charge is -2.35. The van der Waals surface area contributed by atoms with Gasteiger partial charge in [-0.3, -0.25) is 0 Å². The van der Waals surface area contributed by atoms with Crippen LogP contribution in [0.5, 0.6) is 0 Å². The normalized spacial score (nSPS) is 49.1. The van der Waals surface area contributed by atoms with Crippen LogP contribution in [0, 0.1) is 23.7 Å². The van der Waals surface area contributed by atoms with Gasteiger partial charge in [0.2, 0.25) is 0 Å². The maximum atomic E-state index is 4.25. The van der Waals surface area contributed by atoms with Crippen molar-refractivity contribution in [1.82, 2.24) is 0 Å². The van der Waals surface area contributed by atoms with Crippen LogP contribution in [-0.2, 0) is 0 Å². The molecular weight excluding hydrogens is 156 g/mol. The molecule has 0 bridgehead atoms. The van der Waals surface area contributed by atoms with Gasteiger partial charge >= 0.3 is 0 Å². The van der Waals surface area contributed by atoms with Crippen molar-refractivity contribution in [2.24, 2.45) is 23.7 Å². The van der Waals surface area contributed by atoms with Gasteiger partial charge in [0, 0.05) is 0 Å². The van der Waals surface area contributed by atoms with E-state index < -0.39 is 0 Å². The molecule has 0 heteroatoms. The summed E-state index contributed by atoms with van der Waals surface area (Å²) < 4.78 is 0. The van der Waals surface area contributed by atoms with E-state index in [1.54, 1.807) is 18.4 Å². The van der Waals surface area contributed by atoms with Crippen LogP contribution in [-0.4, -0.2) is 0 Å². The van der Waals surface area contributed by atoms with Crippen LogP contribution >= 0.6 is 0 Å². The SMILES string of the molecule is C=C1CCC2CC3CCCC3CC12. The molecule has 0 aliphatic heterocycles. The number of fused-ring (bicyclic) bond motifs is 2. The maximum Gasteiger partial charge on any atom is -0.0175 e. The van der Waals surface area contributed by atoms with Crippen molar-refractivity contribution in [3.63, 3.8) is 0 Å². The Balaban J connectivity index is 1.79. The molecule has 0 aromatic heterocycles. The Hall–Kier alpha value is -0.260. The van der Waals surface area contributed by atoms with E-state index in [1.165, 1.54) is 32.1 Å². The zero-order valence-electron chi connectivity index (χ0n) is 8.47. The van der Waals surface area contributed by atoms with Crippen molar-refractivity contribution in [3.8, 4) is 0 Å². The lowest BCUT2D eigenvalue weighted by molar-refractivity contribution is 0.172. The highest BCUT2D eigenvalue weighted by Gasteiger charge is 2.42. The summed E-state index contributed by atoms with van der Waals surface area (Å²) in [5.74, 6) is 4.20. The Labute approximate surface area is 81.4 Å². The van der Waals surface area contributed by atoms with Crippen LogP contribution < -0.4 is 0 Å². The third kappa shape index (κ3) is 1.18. The van der Waals surface area contributed by atoms with Gasteiger partial charge in [0.05, 0.1) is 0 Å². The average molecular weight is 176 g/mol. The summed E-state index contributed by atoms with van der Waals surface area (Å²) in [6.45, 7) is 4.25. The minimum absolute atomic E-state index is 0.944. The summed E-state index contributed by atoms with van der Waals surface area (Å²) in [5, 5.41) is 0. The molecular formula is C13H20. The Morgan fingerprint density at radius 3 is 2.54 bits per heavy atom. The van der Waals surface area contributed by atoms with Gasteiger partial charge in [0.25, 0.3) is 0 Å². The van der Waals surface area contributed by atoms with Crippen LogP contribution in [0.1, 0.15) is 44.9 Å².